The Labute approximate surface area is 275 Å². The molecule has 3 aromatic rings. The first-order chi connectivity index (χ1) is 21.8. The molecule has 0 aromatic heterocycles. The van der Waals surface area contributed by atoms with Gasteiger partial charge >= 0.3 is 0 Å². The lowest BCUT2D eigenvalue weighted by atomic mass is 9.88. The highest BCUT2D eigenvalue weighted by molar-refractivity contribution is 6.35. The van der Waals surface area contributed by atoms with Crippen LogP contribution in [0, 0.1) is 0 Å². The van der Waals surface area contributed by atoms with Crippen molar-refractivity contribution in [1.29, 1.82) is 0 Å². The van der Waals surface area contributed by atoms with Crippen LogP contribution in [0.15, 0.2) is 78.9 Å². The summed E-state index contributed by atoms with van der Waals surface area (Å²) in [7, 11) is 0. The molecule has 238 valence electrons. The summed E-state index contributed by atoms with van der Waals surface area (Å²) in [6.07, 6.45) is 2.54. The van der Waals surface area contributed by atoms with Crippen LogP contribution in [0.25, 0.3) is 0 Å². The van der Waals surface area contributed by atoms with E-state index in [4.69, 9.17) is 23.2 Å². The average molecular weight is 652 g/mol. The van der Waals surface area contributed by atoms with Crippen LogP contribution in [-0.4, -0.2) is 72.2 Å². The first-order valence-corrected chi connectivity index (χ1v) is 16.2. The highest BCUT2D eigenvalue weighted by atomic mass is 35.5. The number of carbonyl (C=O) groups excluding carboxylic acids is 4. The molecule has 1 aliphatic rings. The van der Waals surface area contributed by atoms with Crippen LogP contribution in [-0.2, 0) is 25.6 Å². The summed E-state index contributed by atoms with van der Waals surface area (Å²) in [4.78, 5) is 56.2. The molecule has 4 amide bonds. The number of unbranched alkanes of at least 4 members (excludes halogenated alkanes) is 1. The summed E-state index contributed by atoms with van der Waals surface area (Å²) < 4.78 is 0. The molecule has 1 fully saturated rings. The topological polar surface area (TPSA) is 98.8 Å². The summed E-state index contributed by atoms with van der Waals surface area (Å²) in [6, 6.07) is 24.2. The lowest BCUT2D eigenvalue weighted by Crippen LogP contribution is -2.51. The van der Waals surface area contributed by atoms with Gasteiger partial charge in [0, 0.05) is 35.6 Å². The van der Waals surface area contributed by atoms with Gasteiger partial charge in [0.25, 0.3) is 0 Å². The molecule has 0 aliphatic carbocycles. The maximum Gasteiger partial charge on any atom is 0.243 e. The van der Waals surface area contributed by atoms with Crippen molar-refractivity contribution in [2.75, 3.05) is 32.7 Å². The van der Waals surface area contributed by atoms with Crippen LogP contribution in [0.5, 0.6) is 0 Å². The smallest absolute Gasteiger partial charge is 0.243 e. The molecule has 0 bridgehead atoms. The molecule has 8 nitrogen and oxygen atoms in total. The molecule has 1 heterocycles. The Morgan fingerprint density at radius 3 is 2.18 bits per heavy atom. The maximum absolute atomic E-state index is 13.8. The number of nitrogens with one attached hydrogen (secondary N) is 2. The van der Waals surface area contributed by atoms with Gasteiger partial charge in [0.1, 0.15) is 6.04 Å². The Bertz CT molecular complexity index is 1420. The van der Waals surface area contributed by atoms with Gasteiger partial charge in [0.15, 0.2) is 0 Å². The molecule has 2 N–H and O–H groups in total. The molecule has 0 spiro atoms. The van der Waals surface area contributed by atoms with E-state index in [2.05, 4.69) is 34.9 Å². The number of rotatable bonds is 14. The zero-order chi connectivity index (χ0) is 32.2. The van der Waals surface area contributed by atoms with Crippen molar-refractivity contribution in [1.82, 2.24) is 20.4 Å². The Morgan fingerprint density at radius 2 is 1.56 bits per heavy atom. The molecule has 3 aromatic carbocycles. The van der Waals surface area contributed by atoms with Crippen molar-refractivity contribution < 1.29 is 19.2 Å². The van der Waals surface area contributed by atoms with E-state index in [1.807, 2.05) is 43.3 Å². The second kappa shape index (κ2) is 17.0. The van der Waals surface area contributed by atoms with E-state index in [9.17, 15) is 19.2 Å². The molecule has 1 atom stereocenters. The fraction of sp³-hybridized carbons (Fsp3) is 0.371. The lowest BCUT2D eigenvalue weighted by molar-refractivity contribution is -0.140. The number of hydrogen-bond acceptors (Lipinski definition) is 4. The second-order valence-electron chi connectivity index (χ2n) is 11.2. The molecule has 1 aliphatic heterocycles. The van der Waals surface area contributed by atoms with E-state index in [1.54, 1.807) is 18.2 Å². The van der Waals surface area contributed by atoms with Gasteiger partial charge in [-0.25, -0.2) is 0 Å². The van der Waals surface area contributed by atoms with E-state index in [0.717, 1.165) is 29.5 Å². The van der Waals surface area contributed by atoms with Crippen molar-refractivity contribution in [3.05, 3.63) is 106 Å². The first-order valence-electron chi connectivity index (χ1n) is 15.4. The van der Waals surface area contributed by atoms with Gasteiger partial charge in [0.05, 0.1) is 19.5 Å². The first kappa shape index (κ1) is 34.0. The molecule has 1 saturated heterocycles. The fourth-order valence-electron chi connectivity index (χ4n) is 5.54. The van der Waals surface area contributed by atoms with E-state index < -0.39 is 11.9 Å². The predicted octanol–water partition coefficient (Wildman–Crippen LogP) is 5.22. The number of hydrogen-bond donors (Lipinski definition) is 2. The molecule has 0 saturated carbocycles. The zero-order valence-corrected chi connectivity index (χ0v) is 27.0. The molecular weight excluding hydrogens is 611 g/mol. The number of halogens is 2. The van der Waals surface area contributed by atoms with Gasteiger partial charge in [-0.2, -0.15) is 0 Å². The third-order valence-corrected chi connectivity index (χ3v) is 8.64. The van der Waals surface area contributed by atoms with Gasteiger partial charge in [-0.3, -0.25) is 19.2 Å². The molecule has 45 heavy (non-hydrogen) atoms. The molecule has 10 heteroatoms. The normalized spacial score (nSPS) is 15.2. The minimum absolute atomic E-state index is 0.0321. The van der Waals surface area contributed by atoms with Crippen LogP contribution in [0.3, 0.4) is 0 Å². The van der Waals surface area contributed by atoms with E-state index in [0.29, 0.717) is 29.4 Å². The molecule has 1 unspecified atom stereocenters. The monoisotopic (exact) mass is 650 g/mol. The van der Waals surface area contributed by atoms with Gasteiger partial charge in [0.2, 0.25) is 23.6 Å². The van der Waals surface area contributed by atoms with E-state index in [1.165, 1.54) is 9.80 Å². The van der Waals surface area contributed by atoms with Crippen molar-refractivity contribution in [2.24, 2.45) is 0 Å². The predicted molar refractivity (Wildman–Crippen MR) is 177 cm³/mol. The molecule has 4 rings (SSSR count). The van der Waals surface area contributed by atoms with Crippen molar-refractivity contribution in [3.8, 4) is 0 Å². The summed E-state index contributed by atoms with van der Waals surface area (Å²) in [6.45, 7) is 2.65. The highest BCUT2D eigenvalue weighted by Crippen LogP contribution is 2.29. The van der Waals surface area contributed by atoms with Gasteiger partial charge in [-0.1, -0.05) is 103 Å². The Morgan fingerprint density at radius 1 is 0.889 bits per heavy atom. The Balaban J connectivity index is 1.54. The van der Waals surface area contributed by atoms with Crippen molar-refractivity contribution in [2.45, 2.75) is 51.0 Å². The lowest BCUT2D eigenvalue weighted by Gasteiger charge is -2.30. The van der Waals surface area contributed by atoms with Crippen LogP contribution in [0.4, 0.5) is 0 Å². The average Bonchev–Trinajstić information content (AvgIpc) is 3.16. The summed E-state index contributed by atoms with van der Waals surface area (Å²) >= 11 is 12.4. The van der Waals surface area contributed by atoms with Gasteiger partial charge in [-0.15, -0.1) is 0 Å². The van der Waals surface area contributed by atoms with Crippen LogP contribution < -0.4 is 10.6 Å². The summed E-state index contributed by atoms with van der Waals surface area (Å²) in [5.74, 6) is -1.51. The maximum atomic E-state index is 13.8. The van der Waals surface area contributed by atoms with Gasteiger partial charge in [-0.05, 0) is 48.1 Å². The number of amides is 4. The summed E-state index contributed by atoms with van der Waals surface area (Å²) in [5, 5.41) is 6.45. The molecular formula is C35H40Cl2N4O4. The standard InChI is InChI=1S/C35H40Cl2N4O4/c1-2-3-18-38-32(42)23-39-35(45)31-22-33(43)40(19-16-27-14-15-28(36)21-30(27)37)24-34(44)41(31)20-17-29(25-10-6-4-7-11-25)26-12-8-5-9-13-26/h4-15,21,29,31H,2-3,16-20,22-24H2,1H3,(H,38,42)(H,39,45). The minimum Gasteiger partial charge on any atom is -0.355 e. The third-order valence-electron chi connectivity index (χ3n) is 8.05. The Hall–Kier alpha value is -3.88. The summed E-state index contributed by atoms with van der Waals surface area (Å²) in [5.41, 5.74) is 2.99. The van der Waals surface area contributed by atoms with Crippen LogP contribution >= 0.6 is 23.2 Å². The van der Waals surface area contributed by atoms with E-state index in [-0.39, 0.29) is 56.2 Å². The SMILES string of the molecule is CCCCNC(=O)CNC(=O)C1CC(=O)N(CCc2ccc(Cl)cc2Cl)CC(=O)N1CCC(c1ccccc1)c1ccccc1. The largest absolute Gasteiger partial charge is 0.355 e. The quantitative estimate of drug-likeness (QED) is 0.234. The molecule has 0 radical (unpaired) electrons. The van der Waals surface area contributed by atoms with Crippen molar-refractivity contribution >= 4 is 46.8 Å². The Kier molecular flexibility index (Phi) is 12.8. The van der Waals surface area contributed by atoms with Crippen molar-refractivity contribution in [3.63, 3.8) is 0 Å². The zero-order valence-electron chi connectivity index (χ0n) is 25.5. The number of benzene rings is 3. The van der Waals surface area contributed by atoms with Gasteiger partial charge < -0.3 is 20.4 Å². The van der Waals surface area contributed by atoms with Crippen LogP contribution in [0.1, 0.15) is 55.2 Å². The fourth-order valence-corrected chi connectivity index (χ4v) is 6.04. The number of nitrogens with zero attached hydrogens (tertiary/aromatic N) is 2. The number of carbonyl (C=O) groups is 4. The van der Waals surface area contributed by atoms with Crippen LogP contribution in [0.2, 0.25) is 10.0 Å². The highest BCUT2D eigenvalue weighted by Gasteiger charge is 2.38. The second-order valence-corrected chi connectivity index (χ2v) is 12.0. The minimum atomic E-state index is -1.05. The van der Waals surface area contributed by atoms with E-state index >= 15 is 0 Å². The third kappa shape index (κ3) is 9.80.